The normalized spacial score (nSPS) is 13.0. The fraction of sp³-hybridized carbons (Fsp3) is 0.750. The van der Waals surface area contributed by atoms with Gasteiger partial charge in [0.05, 0.1) is 6.61 Å². The van der Waals surface area contributed by atoms with Crippen LogP contribution in [0, 0.1) is 0 Å². The first-order chi connectivity index (χ1) is 7.71. The molecule has 100 valence electrons. The number of carbonyl (C=O) groups excluding carboxylic acids is 1. The van der Waals surface area contributed by atoms with Crippen molar-refractivity contribution in [1.29, 1.82) is 0 Å². The van der Waals surface area contributed by atoms with Crippen LogP contribution in [0.4, 0.5) is 18.0 Å². The minimum Gasteiger partial charge on any atom is -0.480 e. The number of alkyl halides is 3. The highest BCUT2D eigenvalue weighted by molar-refractivity contribution is 5.82. The van der Waals surface area contributed by atoms with Crippen LogP contribution in [0.1, 0.15) is 6.92 Å². The summed E-state index contributed by atoms with van der Waals surface area (Å²) < 4.78 is 36.1. The number of urea groups is 1. The minimum absolute atomic E-state index is 0.233. The Balaban J connectivity index is 4.50. The van der Waals surface area contributed by atoms with E-state index in [2.05, 4.69) is 0 Å². The van der Waals surface area contributed by atoms with Crippen molar-refractivity contribution in [3.8, 4) is 0 Å². The van der Waals surface area contributed by atoms with Gasteiger partial charge in [0.2, 0.25) is 0 Å². The molecule has 0 saturated heterocycles. The zero-order valence-corrected chi connectivity index (χ0v) is 8.99. The molecule has 0 fully saturated rings. The maximum absolute atomic E-state index is 12.0. The zero-order chi connectivity index (χ0) is 13.6. The van der Waals surface area contributed by atoms with E-state index >= 15 is 0 Å². The molecule has 6 nitrogen and oxygen atoms in total. The number of carbonyl (C=O) groups is 2. The molecule has 9 heteroatoms. The van der Waals surface area contributed by atoms with E-state index in [1.165, 1.54) is 6.92 Å². The molecule has 0 aliphatic heterocycles. The Morgan fingerprint density at radius 3 is 2.24 bits per heavy atom. The first-order valence-electron chi connectivity index (χ1n) is 4.67. The third-order valence-corrected chi connectivity index (χ3v) is 1.82. The SMILES string of the molecule is CCN(CC(F)(F)F)C(=O)NC(CO)C(=O)O. The number of aliphatic hydroxyl groups excluding tert-OH is 1. The molecule has 0 bridgehead atoms. The van der Waals surface area contributed by atoms with E-state index in [1.807, 2.05) is 0 Å². The van der Waals surface area contributed by atoms with Gasteiger partial charge in [-0.15, -0.1) is 0 Å². The van der Waals surface area contributed by atoms with Gasteiger partial charge >= 0.3 is 18.2 Å². The fourth-order valence-corrected chi connectivity index (χ4v) is 0.969. The number of aliphatic hydroxyl groups is 1. The lowest BCUT2D eigenvalue weighted by molar-refractivity contribution is -0.141. The average Bonchev–Trinajstić information content (AvgIpc) is 2.20. The average molecular weight is 258 g/mol. The number of aliphatic carboxylic acids is 1. The number of halogens is 3. The van der Waals surface area contributed by atoms with Gasteiger partial charge in [0, 0.05) is 6.54 Å². The lowest BCUT2D eigenvalue weighted by Gasteiger charge is -2.24. The zero-order valence-electron chi connectivity index (χ0n) is 8.99. The van der Waals surface area contributed by atoms with Gasteiger partial charge in [0.15, 0.2) is 6.04 Å². The first-order valence-corrected chi connectivity index (χ1v) is 4.67. The van der Waals surface area contributed by atoms with Crippen molar-refractivity contribution < 1.29 is 33.0 Å². The number of rotatable bonds is 5. The number of carboxylic acids is 1. The van der Waals surface area contributed by atoms with Crippen molar-refractivity contribution in [3.05, 3.63) is 0 Å². The van der Waals surface area contributed by atoms with Crippen molar-refractivity contribution in [2.45, 2.75) is 19.1 Å². The number of nitrogens with one attached hydrogen (secondary N) is 1. The van der Waals surface area contributed by atoms with Gasteiger partial charge in [0.1, 0.15) is 6.54 Å². The molecular weight excluding hydrogens is 245 g/mol. The number of hydrogen-bond donors (Lipinski definition) is 3. The molecule has 0 aromatic rings. The second kappa shape index (κ2) is 6.28. The van der Waals surface area contributed by atoms with E-state index in [9.17, 15) is 22.8 Å². The summed E-state index contributed by atoms with van der Waals surface area (Å²) in [5.41, 5.74) is 0. The van der Waals surface area contributed by atoms with Crippen LogP contribution in [-0.2, 0) is 4.79 Å². The summed E-state index contributed by atoms with van der Waals surface area (Å²) in [4.78, 5) is 22.1. The van der Waals surface area contributed by atoms with Crippen molar-refractivity contribution >= 4 is 12.0 Å². The molecule has 0 saturated carbocycles. The van der Waals surface area contributed by atoms with Crippen LogP contribution in [0.15, 0.2) is 0 Å². The fourth-order valence-electron chi connectivity index (χ4n) is 0.969. The minimum atomic E-state index is -4.56. The Bertz CT molecular complexity index is 282. The first kappa shape index (κ1) is 15.5. The molecule has 0 aromatic carbocycles. The van der Waals surface area contributed by atoms with Crippen LogP contribution in [0.3, 0.4) is 0 Å². The predicted molar refractivity (Wildman–Crippen MR) is 50.3 cm³/mol. The molecule has 0 rings (SSSR count). The largest absolute Gasteiger partial charge is 0.480 e. The number of hydrogen-bond acceptors (Lipinski definition) is 3. The second-order valence-electron chi connectivity index (χ2n) is 3.15. The summed E-state index contributed by atoms with van der Waals surface area (Å²) in [5, 5.41) is 18.9. The van der Waals surface area contributed by atoms with Gasteiger partial charge < -0.3 is 20.4 Å². The molecule has 1 atom stereocenters. The number of carboxylic acid groups (broad SMARTS) is 1. The van der Waals surface area contributed by atoms with Gasteiger partial charge in [-0.3, -0.25) is 0 Å². The van der Waals surface area contributed by atoms with Crippen molar-refractivity contribution in [1.82, 2.24) is 10.2 Å². The van der Waals surface area contributed by atoms with Gasteiger partial charge in [0.25, 0.3) is 0 Å². The molecule has 0 aliphatic carbocycles. The Hall–Kier alpha value is -1.51. The highest BCUT2D eigenvalue weighted by atomic mass is 19.4. The Kier molecular flexibility index (Phi) is 5.72. The maximum Gasteiger partial charge on any atom is 0.406 e. The van der Waals surface area contributed by atoms with Crippen LogP contribution in [0.25, 0.3) is 0 Å². The molecule has 0 radical (unpaired) electrons. The van der Waals surface area contributed by atoms with Crippen molar-refractivity contribution in [2.24, 2.45) is 0 Å². The molecule has 1 unspecified atom stereocenters. The topological polar surface area (TPSA) is 89.9 Å². The number of amides is 2. The van der Waals surface area contributed by atoms with E-state index in [0.29, 0.717) is 4.90 Å². The predicted octanol–water partition coefficient (Wildman–Crippen LogP) is 0.0257. The molecule has 0 aliphatic rings. The highest BCUT2D eigenvalue weighted by Crippen LogP contribution is 2.16. The van der Waals surface area contributed by atoms with Gasteiger partial charge in [-0.25, -0.2) is 9.59 Å². The molecule has 0 aromatic heterocycles. The monoisotopic (exact) mass is 258 g/mol. The lowest BCUT2D eigenvalue weighted by atomic mass is 10.3. The third kappa shape index (κ3) is 5.95. The maximum atomic E-state index is 12.0. The quantitative estimate of drug-likeness (QED) is 0.648. The van der Waals surface area contributed by atoms with E-state index in [4.69, 9.17) is 10.2 Å². The smallest absolute Gasteiger partial charge is 0.406 e. The van der Waals surface area contributed by atoms with Crippen LogP contribution in [-0.4, -0.2) is 59.0 Å². The van der Waals surface area contributed by atoms with Crippen molar-refractivity contribution in [3.63, 3.8) is 0 Å². The van der Waals surface area contributed by atoms with Crippen molar-refractivity contribution in [2.75, 3.05) is 19.7 Å². The van der Waals surface area contributed by atoms with Gasteiger partial charge in [-0.1, -0.05) is 0 Å². The van der Waals surface area contributed by atoms with E-state index in [1.54, 1.807) is 5.32 Å². The summed E-state index contributed by atoms with van der Waals surface area (Å²) in [6.45, 7) is -1.29. The molecule has 3 N–H and O–H groups in total. The Morgan fingerprint density at radius 1 is 1.41 bits per heavy atom. The van der Waals surface area contributed by atoms with E-state index < -0.39 is 37.4 Å². The molecule has 17 heavy (non-hydrogen) atoms. The highest BCUT2D eigenvalue weighted by Gasteiger charge is 2.33. The summed E-state index contributed by atoms with van der Waals surface area (Å²) in [7, 11) is 0. The third-order valence-electron chi connectivity index (χ3n) is 1.82. The molecule has 0 spiro atoms. The molecular formula is C8H13F3N2O4. The van der Waals surface area contributed by atoms with Gasteiger partial charge in [-0.2, -0.15) is 13.2 Å². The lowest BCUT2D eigenvalue weighted by Crippen LogP contribution is -2.51. The van der Waals surface area contributed by atoms with E-state index in [0.717, 1.165) is 0 Å². The summed E-state index contributed by atoms with van der Waals surface area (Å²) in [6.07, 6.45) is -4.56. The van der Waals surface area contributed by atoms with Gasteiger partial charge in [-0.05, 0) is 6.92 Å². The Labute approximate surface area is 95.0 Å². The molecule has 2 amide bonds. The molecule has 0 heterocycles. The summed E-state index contributed by atoms with van der Waals surface area (Å²) in [6, 6.07) is -2.81. The van der Waals surface area contributed by atoms with Crippen LogP contribution in [0.5, 0.6) is 0 Å². The van der Waals surface area contributed by atoms with Crippen LogP contribution >= 0.6 is 0 Å². The summed E-state index contributed by atoms with van der Waals surface area (Å²) >= 11 is 0. The summed E-state index contributed by atoms with van der Waals surface area (Å²) in [5.74, 6) is -1.52. The Morgan fingerprint density at radius 2 is 1.94 bits per heavy atom. The van der Waals surface area contributed by atoms with E-state index in [-0.39, 0.29) is 6.54 Å². The van der Waals surface area contributed by atoms with Crippen LogP contribution in [0.2, 0.25) is 0 Å². The second-order valence-corrected chi connectivity index (χ2v) is 3.15. The standard InChI is InChI=1S/C8H13F3N2O4/c1-2-13(4-8(9,10)11)7(17)12-5(3-14)6(15)16/h5,14H,2-4H2,1H3,(H,12,17)(H,15,16). The number of nitrogens with zero attached hydrogens (tertiary/aromatic N) is 1. The van der Waals surface area contributed by atoms with Crippen LogP contribution < -0.4 is 5.32 Å².